The van der Waals surface area contributed by atoms with Crippen molar-refractivity contribution in [3.8, 4) is 0 Å². The fourth-order valence-electron chi connectivity index (χ4n) is 0.0868. The van der Waals surface area contributed by atoms with Crippen molar-refractivity contribution >= 4 is 7.60 Å². The standard InChI is InChI=1S/C2H5O4P/c3-1-2-7(4,5)6/h1-3H,(H2,4,5,6). The maximum absolute atomic E-state index is 9.68. The fraction of sp³-hybridized carbons (Fsp3) is 0. The van der Waals surface area contributed by atoms with Crippen LogP contribution in [0, 0.1) is 0 Å². The Morgan fingerprint density at radius 3 is 1.86 bits per heavy atom. The predicted molar refractivity (Wildman–Crippen MR) is 23.8 cm³/mol. The van der Waals surface area contributed by atoms with E-state index in [1.54, 1.807) is 0 Å². The minimum Gasteiger partial charge on any atom is -0.515 e. The van der Waals surface area contributed by atoms with Gasteiger partial charge in [0.2, 0.25) is 0 Å². The first-order valence-corrected chi connectivity index (χ1v) is 3.11. The Kier molecular flexibility index (Phi) is 2.02. The summed E-state index contributed by atoms with van der Waals surface area (Å²) < 4.78 is 9.68. The lowest BCUT2D eigenvalue weighted by atomic mass is 11.2. The second-order valence-electron chi connectivity index (χ2n) is 0.887. The highest BCUT2D eigenvalue weighted by atomic mass is 31.2. The number of hydrogen-bond donors (Lipinski definition) is 3. The smallest absolute Gasteiger partial charge is 0.352 e. The molecule has 3 N–H and O–H groups in total. The van der Waals surface area contributed by atoms with Crippen molar-refractivity contribution in [1.82, 2.24) is 0 Å². The Labute approximate surface area is 40.3 Å². The molecule has 0 heterocycles. The molecular weight excluding hydrogens is 119 g/mol. The van der Waals surface area contributed by atoms with Crippen molar-refractivity contribution in [2.24, 2.45) is 0 Å². The zero-order valence-corrected chi connectivity index (χ0v) is 4.25. The van der Waals surface area contributed by atoms with E-state index in [9.17, 15) is 4.57 Å². The molecule has 0 aliphatic heterocycles. The van der Waals surface area contributed by atoms with Crippen LogP contribution in [0.25, 0.3) is 0 Å². The highest BCUT2D eigenvalue weighted by molar-refractivity contribution is 7.55. The van der Waals surface area contributed by atoms with Gasteiger partial charge in [-0.15, -0.1) is 0 Å². The number of aliphatic hydroxyl groups excluding tert-OH is 1. The molecule has 0 saturated heterocycles. The van der Waals surface area contributed by atoms with Gasteiger partial charge in [0.1, 0.15) is 0 Å². The molecule has 0 unspecified atom stereocenters. The van der Waals surface area contributed by atoms with Gasteiger partial charge in [0, 0.05) is 0 Å². The van der Waals surface area contributed by atoms with Gasteiger partial charge in [-0.05, 0) is 0 Å². The van der Waals surface area contributed by atoms with Crippen LogP contribution >= 0.6 is 7.60 Å². The molecule has 0 aromatic carbocycles. The van der Waals surface area contributed by atoms with E-state index in [0.29, 0.717) is 12.1 Å². The third-order valence-electron chi connectivity index (χ3n) is 0.261. The summed E-state index contributed by atoms with van der Waals surface area (Å²) in [4.78, 5) is 15.8. The van der Waals surface area contributed by atoms with E-state index in [1.807, 2.05) is 0 Å². The first-order valence-electron chi connectivity index (χ1n) is 1.43. The Hall–Kier alpha value is -0.310. The number of hydrogen-bond acceptors (Lipinski definition) is 2. The van der Waals surface area contributed by atoms with Crippen LogP contribution in [0.2, 0.25) is 0 Å². The van der Waals surface area contributed by atoms with Crippen molar-refractivity contribution < 1.29 is 19.5 Å². The highest BCUT2D eigenvalue weighted by Gasteiger charge is 2.03. The molecule has 7 heavy (non-hydrogen) atoms. The molecular formula is C2H5O4P. The van der Waals surface area contributed by atoms with E-state index in [4.69, 9.17) is 14.9 Å². The molecule has 0 aliphatic rings. The molecule has 0 amide bonds. The average Bonchev–Trinajstić information content (AvgIpc) is 1.30. The van der Waals surface area contributed by atoms with Gasteiger partial charge < -0.3 is 14.9 Å². The zero-order chi connectivity index (χ0) is 5.91. The van der Waals surface area contributed by atoms with Crippen LogP contribution in [0.3, 0.4) is 0 Å². The molecule has 5 heteroatoms. The molecule has 0 aromatic rings. The van der Waals surface area contributed by atoms with E-state index < -0.39 is 7.60 Å². The van der Waals surface area contributed by atoms with E-state index in [1.165, 1.54) is 0 Å². The predicted octanol–water partition coefficient (Wildman–Crippen LogP) is 0.193. The van der Waals surface area contributed by atoms with Crippen LogP contribution < -0.4 is 0 Å². The fourth-order valence-corrected chi connectivity index (χ4v) is 0.261. The van der Waals surface area contributed by atoms with Crippen LogP contribution in [-0.2, 0) is 4.57 Å². The molecule has 0 aliphatic carbocycles. The van der Waals surface area contributed by atoms with Crippen LogP contribution in [-0.4, -0.2) is 14.9 Å². The maximum atomic E-state index is 9.68. The third-order valence-corrected chi connectivity index (χ3v) is 0.783. The normalized spacial score (nSPS) is 12.9. The van der Waals surface area contributed by atoms with Crippen LogP contribution in [0.5, 0.6) is 0 Å². The molecule has 0 saturated carbocycles. The van der Waals surface area contributed by atoms with Crippen molar-refractivity contribution in [2.75, 3.05) is 0 Å². The Bertz CT molecular complexity index is 111. The SMILES string of the molecule is O=P(O)(O)C=CO. The molecule has 0 rings (SSSR count). The van der Waals surface area contributed by atoms with Crippen molar-refractivity contribution in [3.63, 3.8) is 0 Å². The summed E-state index contributed by atoms with van der Waals surface area (Å²) in [6.45, 7) is 0. The van der Waals surface area contributed by atoms with Crippen LogP contribution in [0.4, 0.5) is 0 Å². The minimum absolute atomic E-state index is 0.320. The summed E-state index contributed by atoms with van der Waals surface area (Å²) in [5.41, 5.74) is 0. The molecule has 42 valence electrons. The second-order valence-corrected chi connectivity index (χ2v) is 2.36. The quantitative estimate of drug-likeness (QED) is 0.344. The summed E-state index contributed by atoms with van der Waals surface area (Å²) in [6.07, 6.45) is 0.320. The van der Waals surface area contributed by atoms with E-state index in [0.717, 1.165) is 0 Å². The van der Waals surface area contributed by atoms with Crippen LogP contribution in [0.1, 0.15) is 0 Å². The lowest BCUT2D eigenvalue weighted by Gasteiger charge is -1.88. The van der Waals surface area contributed by atoms with Gasteiger partial charge in [0.25, 0.3) is 0 Å². The van der Waals surface area contributed by atoms with Gasteiger partial charge in [-0.1, -0.05) is 0 Å². The van der Waals surface area contributed by atoms with E-state index >= 15 is 0 Å². The number of aliphatic hydroxyl groups is 1. The molecule has 0 aromatic heterocycles. The lowest BCUT2D eigenvalue weighted by Crippen LogP contribution is -1.66. The number of rotatable bonds is 1. The summed E-state index contributed by atoms with van der Waals surface area (Å²) in [5.74, 6) is 0.410. The summed E-state index contributed by atoms with van der Waals surface area (Å²) in [5, 5.41) is 7.73. The van der Waals surface area contributed by atoms with Gasteiger partial charge in [0.15, 0.2) is 0 Å². The Balaban J connectivity index is 3.82. The largest absolute Gasteiger partial charge is 0.515 e. The average molecular weight is 124 g/mol. The molecule has 4 nitrogen and oxygen atoms in total. The topological polar surface area (TPSA) is 77.8 Å². The second kappa shape index (κ2) is 2.12. The Morgan fingerprint density at radius 1 is 1.43 bits per heavy atom. The maximum Gasteiger partial charge on any atom is 0.352 e. The summed E-state index contributed by atoms with van der Waals surface area (Å²) in [6, 6.07) is 0. The van der Waals surface area contributed by atoms with Gasteiger partial charge in [-0.2, -0.15) is 0 Å². The van der Waals surface area contributed by atoms with Gasteiger partial charge >= 0.3 is 7.60 Å². The third kappa shape index (κ3) is 5.69. The molecule has 0 fully saturated rings. The van der Waals surface area contributed by atoms with E-state index in [-0.39, 0.29) is 0 Å². The summed E-state index contributed by atoms with van der Waals surface area (Å²) >= 11 is 0. The van der Waals surface area contributed by atoms with Crippen molar-refractivity contribution in [1.29, 1.82) is 0 Å². The molecule has 0 atom stereocenters. The van der Waals surface area contributed by atoms with E-state index in [2.05, 4.69) is 0 Å². The van der Waals surface area contributed by atoms with Crippen LogP contribution in [0.15, 0.2) is 12.1 Å². The van der Waals surface area contributed by atoms with Crippen molar-refractivity contribution in [3.05, 3.63) is 12.1 Å². The zero-order valence-electron chi connectivity index (χ0n) is 3.35. The first kappa shape index (κ1) is 6.69. The van der Waals surface area contributed by atoms with Gasteiger partial charge in [-0.3, -0.25) is 4.57 Å². The molecule has 0 spiro atoms. The van der Waals surface area contributed by atoms with Gasteiger partial charge in [-0.25, -0.2) is 0 Å². The summed E-state index contributed by atoms with van der Waals surface area (Å²) in [7, 11) is -4.10. The van der Waals surface area contributed by atoms with Crippen molar-refractivity contribution in [2.45, 2.75) is 0 Å². The molecule has 0 bridgehead atoms. The minimum atomic E-state index is -4.10. The Morgan fingerprint density at radius 2 is 1.86 bits per heavy atom. The van der Waals surface area contributed by atoms with Gasteiger partial charge in [0.05, 0.1) is 12.1 Å². The highest BCUT2D eigenvalue weighted by Crippen LogP contribution is 2.35. The monoisotopic (exact) mass is 124 g/mol. The molecule has 0 radical (unpaired) electrons. The lowest BCUT2D eigenvalue weighted by molar-refractivity contribution is 0.383. The first-order chi connectivity index (χ1) is 3.06.